The number of nitrogens with one attached hydrogen (secondary N) is 1. The van der Waals surface area contributed by atoms with E-state index in [0.717, 1.165) is 5.69 Å². The second kappa shape index (κ2) is 8.71. The van der Waals surface area contributed by atoms with E-state index in [1.165, 1.54) is 11.0 Å². The van der Waals surface area contributed by atoms with Crippen LogP contribution in [0.3, 0.4) is 0 Å². The smallest absolute Gasteiger partial charge is 0.277 e. The van der Waals surface area contributed by atoms with Crippen LogP contribution in [0.5, 0.6) is 11.6 Å². The van der Waals surface area contributed by atoms with Crippen molar-refractivity contribution in [2.75, 3.05) is 5.32 Å². The van der Waals surface area contributed by atoms with Crippen molar-refractivity contribution < 1.29 is 9.53 Å². The van der Waals surface area contributed by atoms with Crippen molar-refractivity contribution in [2.24, 2.45) is 0 Å². The molecule has 3 aromatic heterocycles. The number of benzene rings is 2. The van der Waals surface area contributed by atoms with E-state index in [1.54, 1.807) is 60.5 Å². The summed E-state index contributed by atoms with van der Waals surface area (Å²) in [5.41, 5.74) is 1.58. The minimum atomic E-state index is -0.359. The number of para-hydroxylation sites is 1. The SMILES string of the molecule is Cc1nc(Oc2ccc(NC(=O)c3cnn(-c4ccccc4)n3)cc2)cc(-n2ccnc2)n1. The molecule has 0 radical (unpaired) electrons. The summed E-state index contributed by atoms with van der Waals surface area (Å²) in [5.74, 6) is 1.84. The molecule has 0 aliphatic carbocycles. The van der Waals surface area contributed by atoms with Crippen LogP contribution in [0.1, 0.15) is 16.3 Å². The molecule has 0 aliphatic heterocycles. The molecule has 5 rings (SSSR count). The summed E-state index contributed by atoms with van der Waals surface area (Å²) in [7, 11) is 0. The van der Waals surface area contributed by atoms with Crippen molar-refractivity contribution in [3.8, 4) is 23.1 Å². The third kappa shape index (κ3) is 4.59. The molecule has 5 aromatic rings. The predicted octanol–water partition coefficient (Wildman–Crippen LogP) is 3.60. The average molecular weight is 438 g/mol. The maximum atomic E-state index is 12.5. The van der Waals surface area contributed by atoms with E-state index >= 15 is 0 Å². The molecule has 0 spiro atoms. The van der Waals surface area contributed by atoms with Gasteiger partial charge in [-0.1, -0.05) is 18.2 Å². The monoisotopic (exact) mass is 438 g/mol. The molecule has 0 bridgehead atoms. The van der Waals surface area contributed by atoms with Gasteiger partial charge in [0.2, 0.25) is 5.88 Å². The van der Waals surface area contributed by atoms with Gasteiger partial charge >= 0.3 is 0 Å². The Kier molecular flexibility index (Phi) is 5.30. The van der Waals surface area contributed by atoms with Crippen LogP contribution in [0.25, 0.3) is 11.5 Å². The van der Waals surface area contributed by atoms with Gasteiger partial charge in [0.1, 0.15) is 23.7 Å². The lowest BCUT2D eigenvalue weighted by Gasteiger charge is -2.09. The molecule has 0 saturated heterocycles. The Balaban J connectivity index is 1.26. The van der Waals surface area contributed by atoms with Crippen LogP contribution in [0.4, 0.5) is 5.69 Å². The summed E-state index contributed by atoms with van der Waals surface area (Å²) in [6.45, 7) is 1.79. The van der Waals surface area contributed by atoms with Crippen molar-refractivity contribution in [1.82, 2.24) is 34.5 Å². The quantitative estimate of drug-likeness (QED) is 0.431. The number of aromatic nitrogens is 7. The van der Waals surface area contributed by atoms with Crippen LogP contribution in [0, 0.1) is 6.92 Å². The van der Waals surface area contributed by atoms with Gasteiger partial charge in [0.15, 0.2) is 5.69 Å². The molecule has 1 amide bonds. The van der Waals surface area contributed by atoms with E-state index in [1.807, 2.05) is 30.3 Å². The van der Waals surface area contributed by atoms with Gasteiger partial charge < -0.3 is 10.1 Å². The summed E-state index contributed by atoms with van der Waals surface area (Å²) < 4.78 is 7.64. The number of carbonyl (C=O) groups is 1. The van der Waals surface area contributed by atoms with Crippen LogP contribution in [0.2, 0.25) is 0 Å². The van der Waals surface area contributed by atoms with E-state index in [2.05, 4.69) is 30.5 Å². The minimum absolute atomic E-state index is 0.211. The van der Waals surface area contributed by atoms with Gasteiger partial charge in [0.25, 0.3) is 5.91 Å². The lowest BCUT2D eigenvalue weighted by Crippen LogP contribution is -2.13. The lowest BCUT2D eigenvalue weighted by molar-refractivity contribution is 0.102. The van der Waals surface area contributed by atoms with E-state index in [4.69, 9.17) is 4.74 Å². The van der Waals surface area contributed by atoms with Gasteiger partial charge in [-0.2, -0.15) is 14.9 Å². The number of anilines is 1. The number of amides is 1. The molecule has 0 unspecified atom stereocenters. The van der Waals surface area contributed by atoms with Crippen LogP contribution < -0.4 is 10.1 Å². The van der Waals surface area contributed by atoms with Crippen molar-refractivity contribution in [3.05, 3.63) is 97.1 Å². The summed E-state index contributed by atoms with van der Waals surface area (Å²) in [6, 6.07) is 18.1. The fourth-order valence-electron chi connectivity index (χ4n) is 3.08. The Morgan fingerprint density at radius 2 is 1.85 bits per heavy atom. The van der Waals surface area contributed by atoms with Gasteiger partial charge in [-0.25, -0.2) is 9.97 Å². The molecule has 0 aliphatic rings. The second-order valence-corrected chi connectivity index (χ2v) is 7.02. The maximum Gasteiger partial charge on any atom is 0.277 e. The number of rotatable bonds is 6. The van der Waals surface area contributed by atoms with Crippen LogP contribution in [-0.4, -0.2) is 40.4 Å². The predicted molar refractivity (Wildman–Crippen MR) is 120 cm³/mol. The first-order valence-electron chi connectivity index (χ1n) is 10.1. The lowest BCUT2D eigenvalue weighted by atomic mass is 10.3. The molecule has 0 saturated carbocycles. The average Bonchev–Trinajstić information content (AvgIpc) is 3.53. The third-order valence-corrected chi connectivity index (χ3v) is 4.62. The third-order valence-electron chi connectivity index (χ3n) is 4.62. The van der Waals surface area contributed by atoms with E-state index in [9.17, 15) is 4.79 Å². The molecule has 10 nitrogen and oxygen atoms in total. The van der Waals surface area contributed by atoms with Crippen molar-refractivity contribution in [3.63, 3.8) is 0 Å². The summed E-state index contributed by atoms with van der Waals surface area (Å²) in [5, 5.41) is 11.2. The number of ether oxygens (including phenoxy) is 1. The molecule has 3 heterocycles. The first kappa shape index (κ1) is 20.1. The Bertz CT molecular complexity index is 1380. The standard InChI is InChI=1S/C23H18N8O2/c1-16-26-21(30-12-11-24-15-30)13-22(27-16)33-19-9-7-17(8-10-19)28-23(32)20-14-25-31(29-20)18-5-3-2-4-6-18/h2-15H,1H3,(H,28,32). The number of aryl methyl sites for hydroxylation is 1. The van der Waals surface area contributed by atoms with Crippen molar-refractivity contribution >= 4 is 11.6 Å². The fraction of sp³-hybridized carbons (Fsp3) is 0.0435. The van der Waals surface area contributed by atoms with Gasteiger partial charge in [0.05, 0.1) is 11.9 Å². The van der Waals surface area contributed by atoms with E-state index in [-0.39, 0.29) is 11.6 Å². The molecule has 0 fully saturated rings. The number of nitrogens with zero attached hydrogens (tertiary/aromatic N) is 7. The molecule has 10 heteroatoms. The van der Waals surface area contributed by atoms with Crippen LogP contribution >= 0.6 is 0 Å². The minimum Gasteiger partial charge on any atom is -0.439 e. The van der Waals surface area contributed by atoms with Crippen LogP contribution in [-0.2, 0) is 0 Å². The zero-order chi connectivity index (χ0) is 22.6. The van der Waals surface area contributed by atoms with Crippen LogP contribution in [0.15, 0.2) is 85.6 Å². The number of hydrogen-bond acceptors (Lipinski definition) is 7. The number of carbonyl (C=O) groups excluding carboxylic acids is 1. The first-order chi connectivity index (χ1) is 16.1. The molecular formula is C23H18N8O2. The molecule has 1 N–H and O–H groups in total. The number of imidazole rings is 1. The molecule has 162 valence electrons. The first-order valence-corrected chi connectivity index (χ1v) is 10.1. The van der Waals surface area contributed by atoms with E-state index in [0.29, 0.717) is 29.0 Å². The second-order valence-electron chi connectivity index (χ2n) is 7.02. The zero-order valence-corrected chi connectivity index (χ0v) is 17.5. The molecular weight excluding hydrogens is 420 g/mol. The molecule has 2 aromatic carbocycles. The molecule has 33 heavy (non-hydrogen) atoms. The highest BCUT2D eigenvalue weighted by Crippen LogP contribution is 2.23. The summed E-state index contributed by atoms with van der Waals surface area (Å²) in [6.07, 6.45) is 6.55. The van der Waals surface area contributed by atoms with Crippen molar-refractivity contribution in [2.45, 2.75) is 6.92 Å². The summed E-state index contributed by atoms with van der Waals surface area (Å²) >= 11 is 0. The summed E-state index contributed by atoms with van der Waals surface area (Å²) in [4.78, 5) is 26.7. The Morgan fingerprint density at radius 3 is 2.61 bits per heavy atom. The highest BCUT2D eigenvalue weighted by molar-refractivity contribution is 6.02. The number of hydrogen-bond donors (Lipinski definition) is 1. The fourth-order valence-corrected chi connectivity index (χ4v) is 3.08. The Hall–Kier alpha value is -4.86. The normalized spacial score (nSPS) is 10.7. The molecule has 0 atom stereocenters. The van der Waals surface area contributed by atoms with Gasteiger partial charge in [-0.3, -0.25) is 9.36 Å². The van der Waals surface area contributed by atoms with Crippen molar-refractivity contribution in [1.29, 1.82) is 0 Å². The van der Waals surface area contributed by atoms with Gasteiger partial charge in [-0.05, 0) is 43.3 Å². The maximum absolute atomic E-state index is 12.5. The highest BCUT2D eigenvalue weighted by Gasteiger charge is 2.12. The largest absolute Gasteiger partial charge is 0.439 e. The Labute approximate surface area is 188 Å². The topological polar surface area (TPSA) is 113 Å². The van der Waals surface area contributed by atoms with Gasteiger partial charge in [0, 0.05) is 24.1 Å². The zero-order valence-electron chi connectivity index (χ0n) is 17.5. The van der Waals surface area contributed by atoms with E-state index < -0.39 is 0 Å². The highest BCUT2D eigenvalue weighted by atomic mass is 16.5. The Morgan fingerprint density at radius 1 is 1.03 bits per heavy atom. The van der Waals surface area contributed by atoms with Gasteiger partial charge in [-0.15, -0.1) is 5.10 Å².